The second-order valence-corrected chi connectivity index (χ2v) is 5.41. The van der Waals surface area contributed by atoms with E-state index in [1.807, 2.05) is 0 Å². The van der Waals surface area contributed by atoms with Crippen LogP contribution in [0.1, 0.15) is 39.5 Å². The van der Waals surface area contributed by atoms with E-state index in [4.69, 9.17) is 14.2 Å². The third-order valence-electron chi connectivity index (χ3n) is 3.01. The molecule has 0 aliphatic carbocycles. The smallest absolute Gasteiger partial charge is 0.311 e. The van der Waals surface area contributed by atoms with Gasteiger partial charge in [-0.1, -0.05) is 13.8 Å². The van der Waals surface area contributed by atoms with Gasteiger partial charge in [-0.25, -0.2) is 0 Å². The van der Waals surface area contributed by atoms with Gasteiger partial charge in [-0.05, 0) is 43.0 Å². The number of esters is 2. The molecule has 1 rings (SSSR count). The molecule has 0 bridgehead atoms. The van der Waals surface area contributed by atoms with Gasteiger partial charge < -0.3 is 14.2 Å². The lowest BCUT2D eigenvalue weighted by Gasteiger charge is -2.07. The molecule has 0 atom stereocenters. The fourth-order valence-electron chi connectivity index (χ4n) is 1.78. The standard InChI is InChI=1S/C17H24O5/c1-13(2)5-4-12-21-16(18)10-11-17(19)22-15-8-6-14(20-3)7-9-15/h6-9,13H,4-5,10-12H2,1-3H3. The highest BCUT2D eigenvalue weighted by Gasteiger charge is 2.10. The summed E-state index contributed by atoms with van der Waals surface area (Å²) in [6.45, 7) is 4.65. The molecule has 0 unspecified atom stereocenters. The van der Waals surface area contributed by atoms with Crippen molar-refractivity contribution >= 4 is 11.9 Å². The molecular weight excluding hydrogens is 284 g/mol. The minimum absolute atomic E-state index is 0.00897. The van der Waals surface area contributed by atoms with Crippen LogP contribution in [0.3, 0.4) is 0 Å². The van der Waals surface area contributed by atoms with Crippen LogP contribution in [0.4, 0.5) is 0 Å². The van der Waals surface area contributed by atoms with E-state index in [1.165, 1.54) is 0 Å². The fraction of sp³-hybridized carbons (Fsp3) is 0.529. The molecule has 0 saturated carbocycles. The van der Waals surface area contributed by atoms with E-state index in [2.05, 4.69) is 13.8 Å². The third-order valence-corrected chi connectivity index (χ3v) is 3.01. The molecule has 22 heavy (non-hydrogen) atoms. The van der Waals surface area contributed by atoms with Gasteiger partial charge in [0.2, 0.25) is 0 Å². The molecule has 0 radical (unpaired) electrons. The van der Waals surface area contributed by atoms with E-state index in [9.17, 15) is 9.59 Å². The van der Waals surface area contributed by atoms with E-state index in [0.717, 1.165) is 12.8 Å². The molecule has 0 spiro atoms. The molecule has 5 heteroatoms. The summed E-state index contributed by atoms with van der Waals surface area (Å²) in [4.78, 5) is 23.1. The van der Waals surface area contributed by atoms with Crippen LogP contribution in [0.2, 0.25) is 0 Å². The largest absolute Gasteiger partial charge is 0.497 e. The van der Waals surface area contributed by atoms with Crippen molar-refractivity contribution in [3.63, 3.8) is 0 Å². The van der Waals surface area contributed by atoms with E-state index in [0.29, 0.717) is 24.0 Å². The number of benzene rings is 1. The lowest BCUT2D eigenvalue weighted by molar-refractivity contribution is -0.147. The topological polar surface area (TPSA) is 61.8 Å². The zero-order chi connectivity index (χ0) is 16.4. The average Bonchev–Trinajstić information content (AvgIpc) is 2.50. The van der Waals surface area contributed by atoms with Crippen LogP contribution in [0.25, 0.3) is 0 Å². The van der Waals surface area contributed by atoms with Gasteiger partial charge >= 0.3 is 11.9 Å². The molecular formula is C17H24O5. The summed E-state index contributed by atoms with van der Waals surface area (Å²) in [7, 11) is 1.56. The normalized spacial score (nSPS) is 10.4. The molecule has 1 aromatic carbocycles. The Morgan fingerprint density at radius 1 is 1.00 bits per heavy atom. The zero-order valence-corrected chi connectivity index (χ0v) is 13.5. The van der Waals surface area contributed by atoms with Crippen molar-refractivity contribution in [1.29, 1.82) is 0 Å². The van der Waals surface area contributed by atoms with Crippen LogP contribution >= 0.6 is 0 Å². The average molecular weight is 308 g/mol. The van der Waals surface area contributed by atoms with Crippen molar-refractivity contribution in [3.8, 4) is 11.5 Å². The van der Waals surface area contributed by atoms with Gasteiger partial charge in [-0.15, -0.1) is 0 Å². The summed E-state index contributed by atoms with van der Waals surface area (Å²) < 4.78 is 15.2. The second-order valence-electron chi connectivity index (χ2n) is 5.41. The summed E-state index contributed by atoms with van der Waals surface area (Å²) in [6.07, 6.45) is 1.91. The zero-order valence-electron chi connectivity index (χ0n) is 13.5. The molecule has 0 N–H and O–H groups in total. The Hall–Kier alpha value is -2.04. The Morgan fingerprint density at radius 2 is 1.59 bits per heavy atom. The number of methoxy groups -OCH3 is 1. The Bertz CT molecular complexity index is 464. The van der Waals surface area contributed by atoms with Crippen LogP contribution in [-0.4, -0.2) is 25.7 Å². The van der Waals surface area contributed by atoms with Gasteiger partial charge in [0.05, 0.1) is 26.6 Å². The Morgan fingerprint density at radius 3 is 2.18 bits per heavy atom. The lowest BCUT2D eigenvalue weighted by Crippen LogP contribution is -2.13. The Kier molecular flexibility index (Phi) is 8.04. The van der Waals surface area contributed by atoms with Crippen LogP contribution in [0.5, 0.6) is 11.5 Å². The first-order valence-corrected chi connectivity index (χ1v) is 7.51. The summed E-state index contributed by atoms with van der Waals surface area (Å²) in [6, 6.07) is 6.68. The minimum atomic E-state index is -0.454. The summed E-state index contributed by atoms with van der Waals surface area (Å²) in [5.41, 5.74) is 0. The van der Waals surface area contributed by atoms with Gasteiger partial charge in [0.1, 0.15) is 11.5 Å². The van der Waals surface area contributed by atoms with Gasteiger partial charge in [-0.2, -0.15) is 0 Å². The molecule has 0 heterocycles. The quantitative estimate of drug-likeness (QED) is 0.398. The van der Waals surface area contributed by atoms with E-state index < -0.39 is 5.97 Å². The van der Waals surface area contributed by atoms with Crippen LogP contribution in [0, 0.1) is 5.92 Å². The SMILES string of the molecule is COc1ccc(OC(=O)CCC(=O)OCCCC(C)C)cc1. The molecule has 1 aromatic rings. The van der Waals surface area contributed by atoms with Crippen LogP contribution in [0.15, 0.2) is 24.3 Å². The molecule has 0 aromatic heterocycles. The van der Waals surface area contributed by atoms with Crippen molar-refractivity contribution in [1.82, 2.24) is 0 Å². The number of carbonyl (C=O) groups is 2. The monoisotopic (exact) mass is 308 g/mol. The van der Waals surface area contributed by atoms with Crippen LogP contribution < -0.4 is 9.47 Å². The van der Waals surface area contributed by atoms with Crippen molar-refractivity contribution < 1.29 is 23.8 Å². The number of rotatable bonds is 9. The molecule has 0 fully saturated rings. The summed E-state index contributed by atoms with van der Waals surface area (Å²) in [5, 5.41) is 0. The van der Waals surface area contributed by atoms with E-state index >= 15 is 0 Å². The maximum atomic E-state index is 11.6. The Labute approximate surface area is 131 Å². The molecule has 0 aliphatic heterocycles. The first-order chi connectivity index (χ1) is 10.5. The number of hydrogen-bond donors (Lipinski definition) is 0. The molecule has 0 saturated heterocycles. The maximum Gasteiger partial charge on any atom is 0.311 e. The predicted octanol–water partition coefficient (Wildman–Crippen LogP) is 3.36. The molecule has 0 amide bonds. The minimum Gasteiger partial charge on any atom is -0.497 e. The van der Waals surface area contributed by atoms with E-state index in [-0.39, 0.29) is 18.8 Å². The van der Waals surface area contributed by atoms with Gasteiger partial charge in [0.15, 0.2) is 0 Å². The molecule has 0 aliphatic rings. The first-order valence-electron chi connectivity index (χ1n) is 7.51. The summed E-state index contributed by atoms with van der Waals surface area (Å²) >= 11 is 0. The highest BCUT2D eigenvalue weighted by Crippen LogP contribution is 2.17. The van der Waals surface area contributed by atoms with Gasteiger partial charge in [-0.3, -0.25) is 9.59 Å². The van der Waals surface area contributed by atoms with Crippen molar-refractivity contribution in [2.45, 2.75) is 39.5 Å². The van der Waals surface area contributed by atoms with Gasteiger partial charge in [0.25, 0.3) is 0 Å². The molecule has 5 nitrogen and oxygen atoms in total. The maximum absolute atomic E-state index is 11.6. The number of ether oxygens (including phenoxy) is 3. The van der Waals surface area contributed by atoms with Crippen molar-refractivity contribution in [2.24, 2.45) is 5.92 Å². The van der Waals surface area contributed by atoms with Crippen molar-refractivity contribution in [2.75, 3.05) is 13.7 Å². The van der Waals surface area contributed by atoms with Gasteiger partial charge in [0, 0.05) is 0 Å². The third kappa shape index (κ3) is 7.67. The van der Waals surface area contributed by atoms with Crippen LogP contribution in [-0.2, 0) is 14.3 Å². The highest BCUT2D eigenvalue weighted by molar-refractivity contribution is 5.79. The first kappa shape index (κ1) is 18.0. The summed E-state index contributed by atoms with van der Waals surface area (Å²) in [5.74, 6) is 0.888. The second kappa shape index (κ2) is 9.82. The number of carbonyl (C=O) groups excluding carboxylic acids is 2. The van der Waals surface area contributed by atoms with Crippen molar-refractivity contribution in [3.05, 3.63) is 24.3 Å². The fourth-order valence-corrected chi connectivity index (χ4v) is 1.78. The predicted molar refractivity (Wildman–Crippen MR) is 82.9 cm³/mol. The van der Waals surface area contributed by atoms with E-state index in [1.54, 1.807) is 31.4 Å². The molecule has 122 valence electrons. The highest BCUT2D eigenvalue weighted by atomic mass is 16.5. The number of hydrogen-bond acceptors (Lipinski definition) is 5. The Balaban J connectivity index is 2.20. The lowest BCUT2D eigenvalue weighted by atomic mass is 10.1.